The van der Waals surface area contributed by atoms with Crippen LogP contribution in [0.25, 0.3) is 0 Å². The summed E-state index contributed by atoms with van der Waals surface area (Å²) >= 11 is 0. The van der Waals surface area contributed by atoms with Crippen molar-refractivity contribution in [3.05, 3.63) is 59.2 Å². The van der Waals surface area contributed by atoms with E-state index in [9.17, 15) is 4.39 Å². The zero-order valence-corrected chi connectivity index (χ0v) is 11.6. The third-order valence-corrected chi connectivity index (χ3v) is 3.19. The van der Waals surface area contributed by atoms with Gasteiger partial charge in [-0.2, -0.15) is 0 Å². The molecule has 0 radical (unpaired) electrons. The summed E-state index contributed by atoms with van der Waals surface area (Å²) in [6.07, 6.45) is 3.92. The molecule has 0 aliphatic heterocycles. The first-order valence-electron chi connectivity index (χ1n) is 6.34. The van der Waals surface area contributed by atoms with E-state index in [1.807, 2.05) is 13.0 Å². The van der Waals surface area contributed by atoms with Crippen LogP contribution in [0.2, 0.25) is 0 Å². The highest BCUT2D eigenvalue weighted by atomic mass is 19.1. The molecule has 5 heteroatoms. The number of methoxy groups -OCH3 is 1. The van der Waals surface area contributed by atoms with Gasteiger partial charge in [0.2, 0.25) is 0 Å². The standard InChI is InChI=1S/C15H18FN3O/c1-10-6-12(9-18-8-10)13(19-17)7-11-4-3-5-14(20-2)15(11)16/h3-6,8-9,13,19H,7,17H2,1-2H3. The molecule has 0 fully saturated rings. The molecule has 1 atom stereocenters. The van der Waals surface area contributed by atoms with Gasteiger partial charge in [0, 0.05) is 12.4 Å². The van der Waals surface area contributed by atoms with Gasteiger partial charge >= 0.3 is 0 Å². The highest BCUT2D eigenvalue weighted by molar-refractivity contribution is 5.33. The first kappa shape index (κ1) is 14.4. The highest BCUT2D eigenvalue weighted by Gasteiger charge is 2.16. The molecule has 0 aliphatic carbocycles. The second kappa shape index (κ2) is 6.45. The van der Waals surface area contributed by atoms with Crippen LogP contribution in [0.3, 0.4) is 0 Å². The van der Waals surface area contributed by atoms with Crippen molar-refractivity contribution in [2.45, 2.75) is 19.4 Å². The third-order valence-electron chi connectivity index (χ3n) is 3.19. The molecule has 1 heterocycles. The summed E-state index contributed by atoms with van der Waals surface area (Å²) in [6.45, 7) is 1.95. The summed E-state index contributed by atoms with van der Waals surface area (Å²) in [5, 5.41) is 0. The lowest BCUT2D eigenvalue weighted by Crippen LogP contribution is -2.30. The van der Waals surface area contributed by atoms with Crippen molar-refractivity contribution in [2.75, 3.05) is 7.11 Å². The smallest absolute Gasteiger partial charge is 0.168 e. The molecule has 0 aliphatic rings. The van der Waals surface area contributed by atoms with Gasteiger partial charge in [0.25, 0.3) is 0 Å². The molecule has 0 amide bonds. The van der Waals surface area contributed by atoms with Crippen molar-refractivity contribution >= 4 is 0 Å². The summed E-state index contributed by atoms with van der Waals surface area (Å²) in [7, 11) is 1.45. The summed E-state index contributed by atoms with van der Waals surface area (Å²) in [4.78, 5) is 4.14. The Morgan fingerprint density at radius 3 is 2.85 bits per heavy atom. The summed E-state index contributed by atoms with van der Waals surface area (Å²) in [5.74, 6) is 5.48. The van der Waals surface area contributed by atoms with Crippen LogP contribution >= 0.6 is 0 Å². The first-order chi connectivity index (χ1) is 9.65. The number of pyridine rings is 1. The average Bonchev–Trinajstić information content (AvgIpc) is 2.46. The number of nitrogens with zero attached hydrogens (tertiary/aromatic N) is 1. The van der Waals surface area contributed by atoms with E-state index in [2.05, 4.69) is 10.4 Å². The molecule has 0 saturated heterocycles. The van der Waals surface area contributed by atoms with Crippen LogP contribution in [0.15, 0.2) is 36.7 Å². The number of rotatable bonds is 5. The molecular weight excluding hydrogens is 257 g/mol. The molecular formula is C15H18FN3O. The van der Waals surface area contributed by atoms with Crippen molar-refractivity contribution in [1.82, 2.24) is 10.4 Å². The number of hydrazine groups is 1. The van der Waals surface area contributed by atoms with Crippen molar-refractivity contribution in [3.8, 4) is 5.75 Å². The van der Waals surface area contributed by atoms with Crippen LogP contribution in [0.4, 0.5) is 4.39 Å². The van der Waals surface area contributed by atoms with Crippen LogP contribution in [0.5, 0.6) is 5.75 Å². The summed E-state index contributed by atoms with van der Waals surface area (Å²) < 4.78 is 19.1. The fourth-order valence-corrected chi connectivity index (χ4v) is 2.13. The Morgan fingerprint density at radius 2 is 2.20 bits per heavy atom. The fourth-order valence-electron chi connectivity index (χ4n) is 2.13. The van der Waals surface area contributed by atoms with Gasteiger partial charge in [0.1, 0.15) is 0 Å². The summed E-state index contributed by atoms with van der Waals surface area (Å²) in [6, 6.07) is 6.86. The molecule has 2 aromatic rings. The minimum Gasteiger partial charge on any atom is -0.494 e. The van der Waals surface area contributed by atoms with Gasteiger partial charge in [0.05, 0.1) is 13.2 Å². The quantitative estimate of drug-likeness (QED) is 0.649. The number of benzene rings is 1. The first-order valence-corrected chi connectivity index (χ1v) is 6.34. The molecule has 0 bridgehead atoms. The average molecular weight is 275 g/mol. The molecule has 1 aromatic heterocycles. The van der Waals surface area contributed by atoms with E-state index in [-0.39, 0.29) is 17.6 Å². The molecule has 2 rings (SSSR count). The van der Waals surface area contributed by atoms with E-state index < -0.39 is 0 Å². The number of hydrogen-bond donors (Lipinski definition) is 2. The van der Waals surface area contributed by atoms with E-state index in [1.165, 1.54) is 7.11 Å². The minimum absolute atomic E-state index is 0.205. The second-order valence-corrected chi connectivity index (χ2v) is 4.65. The molecule has 0 saturated carbocycles. The van der Waals surface area contributed by atoms with Gasteiger partial charge in [-0.3, -0.25) is 16.3 Å². The summed E-state index contributed by atoms with van der Waals surface area (Å²) in [5.41, 5.74) is 5.22. The van der Waals surface area contributed by atoms with Crippen LogP contribution in [0.1, 0.15) is 22.7 Å². The SMILES string of the molecule is COc1cccc(CC(NN)c2cncc(C)c2)c1F. The predicted molar refractivity (Wildman–Crippen MR) is 75.7 cm³/mol. The zero-order valence-electron chi connectivity index (χ0n) is 11.6. The van der Waals surface area contributed by atoms with Crippen LogP contribution in [-0.2, 0) is 6.42 Å². The third kappa shape index (κ3) is 3.12. The Morgan fingerprint density at radius 1 is 1.40 bits per heavy atom. The second-order valence-electron chi connectivity index (χ2n) is 4.65. The minimum atomic E-state index is -0.351. The van der Waals surface area contributed by atoms with E-state index in [4.69, 9.17) is 10.6 Å². The van der Waals surface area contributed by atoms with Crippen LogP contribution in [-0.4, -0.2) is 12.1 Å². The van der Waals surface area contributed by atoms with E-state index in [1.54, 1.807) is 30.6 Å². The number of hydrogen-bond acceptors (Lipinski definition) is 4. The Balaban J connectivity index is 2.27. The number of nitrogens with one attached hydrogen (secondary N) is 1. The van der Waals surface area contributed by atoms with Crippen LogP contribution in [0, 0.1) is 12.7 Å². The number of aromatic nitrogens is 1. The predicted octanol–water partition coefficient (Wildman–Crippen LogP) is 2.28. The molecule has 3 N–H and O–H groups in total. The van der Waals surface area contributed by atoms with E-state index in [0.717, 1.165) is 11.1 Å². The largest absolute Gasteiger partial charge is 0.494 e. The van der Waals surface area contributed by atoms with Gasteiger partial charge in [-0.05, 0) is 36.1 Å². The lowest BCUT2D eigenvalue weighted by atomic mass is 9.99. The van der Waals surface area contributed by atoms with Gasteiger partial charge in [-0.1, -0.05) is 18.2 Å². The molecule has 106 valence electrons. The Bertz CT molecular complexity index is 589. The van der Waals surface area contributed by atoms with Gasteiger partial charge in [0.15, 0.2) is 11.6 Å². The van der Waals surface area contributed by atoms with Crippen molar-refractivity contribution in [2.24, 2.45) is 5.84 Å². The van der Waals surface area contributed by atoms with E-state index >= 15 is 0 Å². The zero-order chi connectivity index (χ0) is 14.5. The normalized spacial score (nSPS) is 12.2. The Kier molecular flexibility index (Phi) is 4.65. The van der Waals surface area contributed by atoms with Crippen LogP contribution < -0.4 is 16.0 Å². The molecule has 4 nitrogen and oxygen atoms in total. The molecule has 0 spiro atoms. The number of nitrogens with two attached hydrogens (primary N) is 1. The highest BCUT2D eigenvalue weighted by Crippen LogP contribution is 2.24. The van der Waals surface area contributed by atoms with Crippen molar-refractivity contribution < 1.29 is 9.13 Å². The molecule has 20 heavy (non-hydrogen) atoms. The molecule has 1 unspecified atom stereocenters. The van der Waals surface area contributed by atoms with Gasteiger partial charge in [-0.25, -0.2) is 4.39 Å². The Hall–Kier alpha value is -1.98. The number of halogens is 1. The lowest BCUT2D eigenvalue weighted by molar-refractivity contribution is 0.382. The topological polar surface area (TPSA) is 60.2 Å². The molecule has 1 aromatic carbocycles. The fraction of sp³-hybridized carbons (Fsp3) is 0.267. The van der Waals surface area contributed by atoms with Crippen molar-refractivity contribution in [1.29, 1.82) is 0 Å². The maximum absolute atomic E-state index is 14.2. The van der Waals surface area contributed by atoms with Crippen molar-refractivity contribution in [3.63, 3.8) is 0 Å². The maximum Gasteiger partial charge on any atom is 0.168 e. The van der Waals surface area contributed by atoms with E-state index in [0.29, 0.717) is 12.0 Å². The monoisotopic (exact) mass is 275 g/mol. The van der Waals surface area contributed by atoms with Gasteiger partial charge in [-0.15, -0.1) is 0 Å². The number of aryl methyl sites for hydroxylation is 1. The number of ether oxygens (including phenoxy) is 1. The van der Waals surface area contributed by atoms with Gasteiger partial charge < -0.3 is 4.74 Å². The Labute approximate surface area is 117 Å². The lowest BCUT2D eigenvalue weighted by Gasteiger charge is -2.17. The maximum atomic E-state index is 14.2.